The molecule has 3 aromatic rings. The molecule has 0 radical (unpaired) electrons. The molecule has 1 aliphatic heterocycles. The van der Waals surface area contributed by atoms with E-state index in [2.05, 4.69) is 11.0 Å². The Bertz CT molecular complexity index is 1110. The van der Waals surface area contributed by atoms with Crippen LogP contribution in [-0.2, 0) is 4.79 Å². The molecule has 2 heterocycles. The smallest absolute Gasteiger partial charge is 0.223 e. The molecule has 1 saturated heterocycles. The first-order chi connectivity index (χ1) is 15.0. The van der Waals surface area contributed by atoms with Crippen LogP contribution in [0.1, 0.15) is 23.2 Å². The minimum atomic E-state index is -0.147. The van der Waals surface area contributed by atoms with E-state index in [1.165, 1.54) is 7.11 Å². The van der Waals surface area contributed by atoms with Gasteiger partial charge in [-0.3, -0.25) is 9.59 Å². The first-order valence-corrected chi connectivity index (χ1v) is 10.7. The molecule has 7 heteroatoms. The lowest BCUT2D eigenvalue weighted by Crippen LogP contribution is -2.49. The second-order valence-electron chi connectivity index (χ2n) is 7.50. The zero-order valence-corrected chi connectivity index (χ0v) is 18.1. The topological polar surface area (TPSA) is 62.7 Å². The van der Waals surface area contributed by atoms with Gasteiger partial charge in [0.05, 0.1) is 18.2 Å². The van der Waals surface area contributed by atoms with Crippen LogP contribution in [0, 0.1) is 0 Å². The van der Waals surface area contributed by atoms with Crippen LogP contribution in [0.15, 0.2) is 54.6 Å². The summed E-state index contributed by atoms with van der Waals surface area (Å²) in [6, 6.07) is 17.1. The zero-order chi connectivity index (χ0) is 21.8. The molecule has 0 N–H and O–H groups in total. The molecule has 2 aromatic carbocycles. The number of ketones is 1. The van der Waals surface area contributed by atoms with E-state index < -0.39 is 0 Å². The summed E-state index contributed by atoms with van der Waals surface area (Å²) in [6.45, 7) is 2.66. The van der Waals surface area contributed by atoms with Gasteiger partial charge < -0.3 is 14.5 Å². The van der Waals surface area contributed by atoms with E-state index in [4.69, 9.17) is 21.3 Å². The Balaban J connectivity index is 1.32. The number of piperazine rings is 1. The van der Waals surface area contributed by atoms with Gasteiger partial charge in [-0.05, 0) is 36.4 Å². The van der Waals surface area contributed by atoms with Gasteiger partial charge in [0.15, 0.2) is 5.78 Å². The quantitative estimate of drug-likeness (QED) is 0.540. The first kappa shape index (κ1) is 21.1. The molecule has 0 atom stereocenters. The Morgan fingerprint density at radius 1 is 1.00 bits per heavy atom. The fraction of sp³-hybridized carbons (Fsp3) is 0.292. The van der Waals surface area contributed by atoms with E-state index in [1.807, 2.05) is 35.2 Å². The van der Waals surface area contributed by atoms with Gasteiger partial charge in [-0.25, -0.2) is 4.98 Å². The van der Waals surface area contributed by atoms with Crippen molar-refractivity contribution in [3.63, 3.8) is 0 Å². The zero-order valence-electron chi connectivity index (χ0n) is 17.4. The van der Waals surface area contributed by atoms with E-state index in [-0.39, 0.29) is 24.5 Å². The molecule has 1 amide bonds. The summed E-state index contributed by atoms with van der Waals surface area (Å²) in [5, 5.41) is 1.58. The van der Waals surface area contributed by atoms with Crippen molar-refractivity contribution < 1.29 is 14.3 Å². The summed E-state index contributed by atoms with van der Waals surface area (Å²) in [6.07, 6.45) is 0.296. The standard InChI is InChI=1S/C24H24ClN3O3/c1-31-22-9-7-18(25)16-19(22)21(29)8-11-24(30)28-14-12-27(13-15-28)23-10-6-17-4-2-3-5-20(17)26-23/h2-7,9-10,16H,8,11-15H2,1H3. The van der Waals surface area contributed by atoms with Gasteiger partial charge in [0.2, 0.25) is 5.91 Å². The molecule has 6 nitrogen and oxygen atoms in total. The molecular weight excluding hydrogens is 414 g/mol. The van der Waals surface area contributed by atoms with Crippen LogP contribution in [0.2, 0.25) is 5.02 Å². The highest BCUT2D eigenvalue weighted by atomic mass is 35.5. The van der Waals surface area contributed by atoms with Gasteiger partial charge in [0, 0.05) is 49.4 Å². The Morgan fingerprint density at radius 2 is 1.77 bits per heavy atom. The number of ether oxygens (including phenoxy) is 1. The van der Waals surface area contributed by atoms with Gasteiger partial charge in [0.1, 0.15) is 11.6 Å². The number of benzene rings is 2. The predicted molar refractivity (Wildman–Crippen MR) is 122 cm³/mol. The van der Waals surface area contributed by atoms with Crippen LogP contribution in [0.25, 0.3) is 10.9 Å². The van der Waals surface area contributed by atoms with Crippen molar-refractivity contribution in [2.75, 3.05) is 38.2 Å². The van der Waals surface area contributed by atoms with Crippen molar-refractivity contribution in [1.29, 1.82) is 0 Å². The van der Waals surface area contributed by atoms with Gasteiger partial charge in [-0.1, -0.05) is 29.8 Å². The number of pyridine rings is 1. The van der Waals surface area contributed by atoms with Crippen LogP contribution in [0.4, 0.5) is 5.82 Å². The highest BCUT2D eigenvalue weighted by Crippen LogP contribution is 2.25. The number of hydrogen-bond acceptors (Lipinski definition) is 5. The lowest BCUT2D eigenvalue weighted by atomic mass is 10.0. The number of methoxy groups -OCH3 is 1. The number of rotatable bonds is 6. The lowest BCUT2D eigenvalue weighted by molar-refractivity contribution is -0.131. The Labute approximate surface area is 186 Å². The molecule has 0 spiro atoms. The number of carbonyl (C=O) groups excluding carboxylic acids is 2. The number of hydrogen-bond donors (Lipinski definition) is 0. The summed E-state index contributed by atoms with van der Waals surface area (Å²) in [4.78, 5) is 34.0. The highest BCUT2D eigenvalue weighted by Gasteiger charge is 2.23. The number of amides is 1. The van der Waals surface area contributed by atoms with Crippen molar-refractivity contribution in [1.82, 2.24) is 9.88 Å². The van der Waals surface area contributed by atoms with Gasteiger partial charge >= 0.3 is 0 Å². The molecule has 0 unspecified atom stereocenters. The predicted octanol–water partition coefficient (Wildman–Crippen LogP) is 4.21. The van der Waals surface area contributed by atoms with Crippen LogP contribution >= 0.6 is 11.6 Å². The number of Topliss-reactive ketones (excluding diaryl/α,β-unsaturated/α-hetero) is 1. The first-order valence-electron chi connectivity index (χ1n) is 10.3. The summed E-state index contributed by atoms with van der Waals surface area (Å²) in [5.41, 5.74) is 1.38. The van der Waals surface area contributed by atoms with E-state index in [9.17, 15) is 9.59 Å². The van der Waals surface area contributed by atoms with Gasteiger partial charge in [-0.15, -0.1) is 0 Å². The van der Waals surface area contributed by atoms with Crippen LogP contribution < -0.4 is 9.64 Å². The number of fused-ring (bicyclic) bond motifs is 1. The van der Waals surface area contributed by atoms with E-state index in [1.54, 1.807) is 18.2 Å². The summed E-state index contributed by atoms with van der Waals surface area (Å²) in [5.74, 6) is 1.24. The second kappa shape index (κ2) is 9.35. The molecule has 1 aliphatic rings. The van der Waals surface area contributed by atoms with E-state index in [0.717, 1.165) is 16.7 Å². The van der Waals surface area contributed by atoms with E-state index >= 15 is 0 Å². The maximum absolute atomic E-state index is 12.7. The molecule has 0 bridgehead atoms. The number of nitrogens with zero attached hydrogens (tertiary/aromatic N) is 3. The van der Waals surface area contributed by atoms with Crippen LogP contribution in [0.5, 0.6) is 5.75 Å². The van der Waals surface area contributed by atoms with Crippen molar-refractivity contribution in [3.05, 3.63) is 65.2 Å². The maximum Gasteiger partial charge on any atom is 0.223 e. The molecule has 0 saturated carbocycles. The number of anilines is 1. The number of carbonyl (C=O) groups is 2. The monoisotopic (exact) mass is 437 g/mol. The average molecular weight is 438 g/mol. The molecule has 1 aromatic heterocycles. The maximum atomic E-state index is 12.7. The third-order valence-corrected chi connectivity index (χ3v) is 5.80. The van der Waals surface area contributed by atoms with Crippen LogP contribution in [-0.4, -0.2) is 54.9 Å². The Morgan fingerprint density at radius 3 is 2.55 bits per heavy atom. The van der Waals surface area contributed by atoms with E-state index in [0.29, 0.717) is 42.5 Å². The highest BCUT2D eigenvalue weighted by molar-refractivity contribution is 6.31. The fourth-order valence-corrected chi connectivity index (χ4v) is 4.00. The minimum Gasteiger partial charge on any atom is -0.496 e. The van der Waals surface area contributed by atoms with Crippen molar-refractivity contribution in [3.8, 4) is 5.75 Å². The number of halogens is 1. The Hall–Kier alpha value is -3.12. The summed E-state index contributed by atoms with van der Waals surface area (Å²) >= 11 is 6.01. The number of para-hydroxylation sites is 1. The second-order valence-corrected chi connectivity index (χ2v) is 7.93. The van der Waals surface area contributed by atoms with Crippen LogP contribution in [0.3, 0.4) is 0 Å². The molecule has 4 rings (SSSR count). The fourth-order valence-electron chi connectivity index (χ4n) is 3.83. The summed E-state index contributed by atoms with van der Waals surface area (Å²) < 4.78 is 5.24. The van der Waals surface area contributed by atoms with Crippen molar-refractivity contribution >= 4 is 40.0 Å². The Kier molecular flexibility index (Phi) is 6.37. The summed E-state index contributed by atoms with van der Waals surface area (Å²) in [7, 11) is 1.51. The van der Waals surface area contributed by atoms with Crippen molar-refractivity contribution in [2.24, 2.45) is 0 Å². The van der Waals surface area contributed by atoms with Gasteiger partial charge in [0.25, 0.3) is 0 Å². The molecule has 1 fully saturated rings. The molecule has 160 valence electrons. The third-order valence-electron chi connectivity index (χ3n) is 5.57. The minimum absolute atomic E-state index is 0.0135. The molecule has 31 heavy (non-hydrogen) atoms. The van der Waals surface area contributed by atoms with Crippen molar-refractivity contribution in [2.45, 2.75) is 12.8 Å². The normalized spacial score (nSPS) is 14.0. The molecular formula is C24H24ClN3O3. The molecule has 0 aliphatic carbocycles. The SMILES string of the molecule is COc1ccc(Cl)cc1C(=O)CCC(=O)N1CCN(c2ccc3ccccc3n2)CC1. The largest absolute Gasteiger partial charge is 0.496 e. The van der Waals surface area contributed by atoms with Gasteiger partial charge in [-0.2, -0.15) is 0 Å². The average Bonchev–Trinajstić information content (AvgIpc) is 2.82. The lowest BCUT2D eigenvalue weighted by Gasteiger charge is -2.35. The third kappa shape index (κ3) is 4.80. The number of aromatic nitrogens is 1.